The molecule has 4 N–H and O–H groups in total. The SMILES string of the molecule is C/C=C(\CI)CCNC(=O)c1cccc(C(=O)NCc2ccc(CNC(=O)c3cccc(C(=O)NC(C)C)n3)cc2)n1. The molecule has 3 rings (SSSR count). The minimum absolute atomic E-state index is 0.0404. The number of halogens is 1. The summed E-state index contributed by atoms with van der Waals surface area (Å²) in [6, 6.07) is 16.9. The minimum Gasteiger partial charge on any atom is -0.350 e. The Morgan fingerprint density at radius 3 is 1.55 bits per heavy atom. The fourth-order valence-corrected chi connectivity index (χ4v) is 4.57. The maximum atomic E-state index is 12.7. The van der Waals surface area contributed by atoms with E-state index >= 15 is 0 Å². The Balaban J connectivity index is 1.48. The summed E-state index contributed by atoms with van der Waals surface area (Å²) >= 11 is 2.29. The Bertz CT molecular complexity index is 1440. The molecule has 0 aliphatic rings. The standard InChI is InChI=1S/C31H35IN6O4/c1-4-21(17-32)15-16-33-28(39)24-7-5-8-25(37-24)29(40)34-18-22-11-13-23(14-12-22)19-35-30(41)26-9-6-10-27(38-26)31(42)36-20(2)3/h4-14,20H,15-19H2,1-3H3,(H,33,39)(H,34,40)(H,35,41)(H,36,42)/b21-4-. The summed E-state index contributed by atoms with van der Waals surface area (Å²) in [6.07, 6.45) is 2.81. The van der Waals surface area contributed by atoms with Gasteiger partial charge in [-0.2, -0.15) is 0 Å². The second-order valence-electron chi connectivity index (χ2n) is 9.71. The van der Waals surface area contributed by atoms with Gasteiger partial charge >= 0.3 is 0 Å². The molecule has 11 heteroatoms. The zero-order valence-electron chi connectivity index (χ0n) is 23.9. The van der Waals surface area contributed by atoms with E-state index < -0.39 is 5.91 Å². The number of carbonyl (C=O) groups excluding carboxylic acids is 4. The lowest BCUT2D eigenvalue weighted by Crippen LogP contribution is -2.31. The highest BCUT2D eigenvalue weighted by atomic mass is 127. The average Bonchev–Trinajstić information content (AvgIpc) is 3.01. The van der Waals surface area contributed by atoms with Gasteiger partial charge in [-0.1, -0.05) is 70.6 Å². The summed E-state index contributed by atoms with van der Waals surface area (Å²) in [4.78, 5) is 58.3. The maximum Gasteiger partial charge on any atom is 0.270 e. The molecule has 0 saturated heterocycles. The fraction of sp³-hybridized carbons (Fsp3) is 0.290. The molecule has 4 amide bonds. The summed E-state index contributed by atoms with van der Waals surface area (Å²) in [6.45, 7) is 6.71. The van der Waals surface area contributed by atoms with Gasteiger partial charge in [0.1, 0.15) is 22.8 Å². The lowest BCUT2D eigenvalue weighted by molar-refractivity contribution is 0.0923. The smallest absolute Gasteiger partial charge is 0.270 e. The van der Waals surface area contributed by atoms with Crippen LogP contribution < -0.4 is 21.3 Å². The number of nitrogens with zero attached hydrogens (tertiary/aromatic N) is 2. The lowest BCUT2D eigenvalue weighted by atomic mass is 10.1. The normalized spacial score (nSPS) is 11.1. The number of carbonyl (C=O) groups is 4. The summed E-state index contributed by atoms with van der Waals surface area (Å²) in [5.74, 6) is -1.44. The van der Waals surface area contributed by atoms with E-state index in [4.69, 9.17) is 0 Å². The third-order valence-electron chi connectivity index (χ3n) is 6.09. The van der Waals surface area contributed by atoms with Crippen molar-refractivity contribution in [2.45, 2.75) is 46.3 Å². The zero-order chi connectivity index (χ0) is 30.5. The Kier molecular flexibility index (Phi) is 12.6. The number of hydrogen-bond acceptors (Lipinski definition) is 6. The molecule has 0 atom stereocenters. The molecule has 0 radical (unpaired) electrons. The second-order valence-corrected chi connectivity index (χ2v) is 10.5. The number of pyridine rings is 2. The summed E-state index contributed by atoms with van der Waals surface area (Å²) in [7, 11) is 0. The van der Waals surface area contributed by atoms with Crippen molar-refractivity contribution < 1.29 is 19.2 Å². The molecule has 3 aromatic rings. The van der Waals surface area contributed by atoms with Crippen molar-refractivity contribution in [2.24, 2.45) is 0 Å². The molecule has 0 fully saturated rings. The fourth-order valence-electron chi connectivity index (χ4n) is 3.75. The number of nitrogens with one attached hydrogen (secondary N) is 4. The molecule has 0 bridgehead atoms. The van der Waals surface area contributed by atoms with Crippen LogP contribution in [-0.2, 0) is 13.1 Å². The third kappa shape index (κ3) is 10.1. The van der Waals surface area contributed by atoms with Crippen molar-refractivity contribution in [3.63, 3.8) is 0 Å². The highest BCUT2D eigenvalue weighted by Gasteiger charge is 2.14. The molecule has 42 heavy (non-hydrogen) atoms. The molecular formula is C31H35IN6O4. The van der Waals surface area contributed by atoms with Gasteiger partial charge < -0.3 is 21.3 Å². The van der Waals surface area contributed by atoms with Crippen molar-refractivity contribution in [1.29, 1.82) is 0 Å². The van der Waals surface area contributed by atoms with Crippen LogP contribution in [0.5, 0.6) is 0 Å². The van der Waals surface area contributed by atoms with E-state index in [-0.39, 0.29) is 59.6 Å². The first-order valence-electron chi connectivity index (χ1n) is 13.6. The van der Waals surface area contributed by atoms with Crippen LogP contribution in [0.15, 0.2) is 72.3 Å². The number of amides is 4. The van der Waals surface area contributed by atoms with Crippen LogP contribution in [0.2, 0.25) is 0 Å². The molecule has 220 valence electrons. The van der Waals surface area contributed by atoms with Gasteiger partial charge in [-0.25, -0.2) is 9.97 Å². The molecule has 2 aromatic heterocycles. The van der Waals surface area contributed by atoms with Crippen molar-refractivity contribution in [2.75, 3.05) is 11.0 Å². The topological polar surface area (TPSA) is 142 Å². The highest BCUT2D eigenvalue weighted by Crippen LogP contribution is 2.08. The number of allylic oxidation sites excluding steroid dienone is 1. The van der Waals surface area contributed by atoms with Crippen LogP contribution in [0.4, 0.5) is 0 Å². The monoisotopic (exact) mass is 682 g/mol. The molecule has 2 heterocycles. The Labute approximate surface area is 259 Å². The predicted molar refractivity (Wildman–Crippen MR) is 169 cm³/mol. The van der Waals surface area contributed by atoms with Crippen LogP contribution in [-0.4, -0.2) is 50.6 Å². The first kappa shape index (κ1) is 32.4. The Hall–Kier alpha value is -4.13. The molecular weight excluding hydrogens is 647 g/mol. The molecule has 0 saturated carbocycles. The number of rotatable bonds is 13. The van der Waals surface area contributed by atoms with E-state index in [9.17, 15) is 19.2 Å². The van der Waals surface area contributed by atoms with Gasteiger partial charge in [0.15, 0.2) is 0 Å². The molecule has 10 nitrogen and oxygen atoms in total. The van der Waals surface area contributed by atoms with E-state index in [0.29, 0.717) is 6.54 Å². The molecule has 0 aliphatic carbocycles. The molecule has 0 aliphatic heterocycles. The molecule has 0 unspecified atom stereocenters. The maximum absolute atomic E-state index is 12.7. The van der Waals surface area contributed by atoms with Crippen molar-refractivity contribution in [3.05, 3.63) is 106 Å². The van der Waals surface area contributed by atoms with Crippen LogP contribution in [0.3, 0.4) is 0 Å². The summed E-state index contributed by atoms with van der Waals surface area (Å²) in [5, 5.41) is 11.2. The van der Waals surface area contributed by atoms with Gasteiger partial charge in [-0.15, -0.1) is 0 Å². The van der Waals surface area contributed by atoms with Gasteiger partial charge in [-0.05, 0) is 62.6 Å². The zero-order valence-corrected chi connectivity index (χ0v) is 26.0. The predicted octanol–water partition coefficient (Wildman–Crippen LogP) is 3.98. The first-order valence-corrected chi connectivity index (χ1v) is 15.1. The van der Waals surface area contributed by atoms with Crippen molar-refractivity contribution in [3.8, 4) is 0 Å². The number of aromatic nitrogens is 2. The van der Waals surface area contributed by atoms with Gasteiger partial charge in [0.25, 0.3) is 23.6 Å². The van der Waals surface area contributed by atoms with Crippen LogP contribution in [0.1, 0.15) is 80.3 Å². The van der Waals surface area contributed by atoms with E-state index in [1.807, 2.05) is 51.1 Å². The molecule has 1 aromatic carbocycles. The Morgan fingerprint density at radius 2 is 1.14 bits per heavy atom. The average molecular weight is 683 g/mol. The summed E-state index contributed by atoms with van der Waals surface area (Å²) in [5.41, 5.74) is 3.63. The van der Waals surface area contributed by atoms with Gasteiger partial charge in [0.05, 0.1) is 0 Å². The van der Waals surface area contributed by atoms with Gasteiger partial charge in [-0.3, -0.25) is 19.2 Å². The number of alkyl halides is 1. The highest BCUT2D eigenvalue weighted by molar-refractivity contribution is 14.1. The van der Waals surface area contributed by atoms with E-state index in [0.717, 1.165) is 22.0 Å². The van der Waals surface area contributed by atoms with Crippen LogP contribution in [0, 0.1) is 0 Å². The van der Waals surface area contributed by atoms with Crippen LogP contribution in [0.25, 0.3) is 0 Å². The summed E-state index contributed by atoms with van der Waals surface area (Å²) < 4.78 is 0.908. The van der Waals surface area contributed by atoms with E-state index in [1.165, 1.54) is 5.57 Å². The Morgan fingerprint density at radius 1 is 0.714 bits per heavy atom. The number of hydrogen-bond donors (Lipinski definition) is 4. The third-order valence-corrected chi connectivity index (χ3v) is 7.07. The largest absolute Gasteiger partial charge is 0.350 e. The quantitative estimate of drug-likeness (QED) is 0.122. The number of benzene rings is 1. The lowest BCUT2D eigenvalue weighted by Gasteiger charge is -2.10. The second kappa shape index (κ2) is 16.3. The molecule has 0 spiro atoms. The van der Waals surface area contributed by atoms with Crippen molar-refractivity contribution in [1.82, 2.24) is 31.2 Å². The van der Waals surface area contributed by atoms with Gasteiger partial charge in [0, 0.05) is 30.1 Å². The first-order chi connectivity index (χ1) is 20.2. The van der Waals surface area contributed by atoms with Crippen molar-refractivity contribution >= 4 is 46.2 Å². The van der Waals surface area contributed by atoms with E-state index in [1.54, 1.807) is 36.4 Å². The minimum atomic E-state index is -0.392. The van der Waals surface area contributed by atoms with E-state index in [2.05, 4.69) is 53.8 Å². The van der Waals surface area contributed by atoms with Crippen LogP contribution >= 0.6 is 22.6 Å². The van der Waals surface area contributed by atoms with Gasteiger partial charge in [0.2, 0.25) is 0 Å².